The van der Waals surface area contributed by atoms with Crippen LogP contribution in [0.1, 0.15) is 0 Å². The quantitative estimate of drug-likeness (QED) is 0.260. The molecule has 0 saturated heterocycles. The summed E-state index contributed by atoms with van der Waals surface area (Å²) in [5.74, 6) is 0. The van der Waals surface area contributed by atoms with E-state index in [0.29, 0.717) is 0 Å². The fourth-order valence-corrected chi connectivity index (χ4v) is 0.373. The highest BCUT2D eigenvalue weighted by atomic mass is 32.3. The van der Waals surface area contributed by atoms with Crippen LogP contribution in [0.2, 0.25) is 0 Å². The Bertz CT molecular complexity index is 176. The Hall–Kier alpha value is -0.250. The topological polar surface area (TPSA) is 111 Å². The molecule has 0 unspecified atom stereocenters. The first kappa shape index (κ1) is 9.75. The van der Waals surface area contributed by atoms with Crippen LogP contribution in [-0.4, -0.2) is 26.4 Å². The molecule has 0 fully saturated rings. The molecule has 0 aliphatic carbocycles. The Kier molecular flexibility index (Phi) is 3.71. The van der Waals surface area contributed by atoms with Crippen LogP contribution in [-0.2, 0) is 19.4 Å². The average Bonchev–Trinajstić information content (AvgIpc) is 1.81. The van der Waals surface area contributed by atoms with Crippen molar-refractivity contribution < 1.29 is 22.0 Å². The van der Waals surface area contributed by atoms with Crippen LogP contribution in [0.15, 0.2) is 0 Å². The third kappa shape index (κ3) is 5.88. The van der Waals surface area contributed by atoms with E-state index in [1.807, 2.05) is 0 Å². The van der Waals surface area contributed by atoms with Gasteiger partial charge in [0.1, 0.15) is 0 Å². The van der Waals surface area contributed by atoms with Crippen molar-refractivity contribution in [1.29, 1.82) is 0 Å². The number of nitrogens with two attached hydrogens (primary N) is 1. The van der Waals surface area contributed by atoms with Gasteiger partial charge in [-0.3, -0.25) is 10.3 Å². The van der Waals surface area contributed by atoms with Crippen LogP contribution in [0.25, 0.3) is 0 Å². The van der Waals surface area contributed by atoms with E-state index in [-0.39, 0.29) is 0 Å². The zero-order valence-corrected chi connectivity index (χ0v) is 5.96. The molecule has 1 atom stereocenters. The maximum atomic E-state index is 9.81. The molecule has 4 N–H and O–H groups in total. The summed E-state index contributed by atoms with van der Waals surface area (Å²) in [6.45, 7) is 0. The molecule has 0 aliphatic heterocycles. The minimum absolute atomic E-state index is 1.10. The van der Waals surface area contributed by atoms with Crippen molar-refractivity contribution in [3.8, 4) is 0 Å². The third-order valence-corrected chi connectivity index (χ3v) is 0.830. The van der Waals surface area contributed by atoms with Gasteiger partial charge in [-0.1, -0.05) is 0 Å². The van der Waals surface area contributed by atoms with Gasteiger partial charge in [0.05, 0.1) is 0 Å². The molecule has 0 heterocycles. The maximum absolute atomic E-state index is 9.81. The minimum atomic E-state index is -4.50. The summed E-state index contributed by atoms with van der Waals surface area (Å²) in [7, 11) is -3.27. The van der Waals surface area contributed by atoms with Crippen LogP contribution < -0.4 is 11.2 Å². The molecule has 0 aliphatic rings. The summed E-state index contributed by atoms with van der Waals surface area (Å²) in [4.78, 5) is 0. The molecule has 0 amide bonds. The Labute approximate surface area is 58.0 Å². The van der Waals surface area contributed by atoms with Gasteiger partial charge in [0.25, 0.3) is 0 Å². The predicted molar refractivity (Wildman–Crippen MR) is 30.8 cm³/mol. The number of methoxy groups -OCH3 is 1. The fraction of sp³-hybridized carbons (Fsp3) is 1.00. The van der Waals surface area contributed by atoms with E-state index in [2.05, 4.69) is 9.02 Å². The highest BCUT2D eigenvalue weighted by Crippen LogP contribution is 1.81. The van der Waals surface area contributed by atoms with Crippen molar-refractivity contribution in [3.05, 3.63) is 0 Å². The third-order valence-electron chi connectivity index (χ3n) is 0.524. The van der Waals surface area contributed by atoms with Crippen molar-refractivity contribution >= 4 is 10.4 Å². The smallest absolute Gasteiger partial charge is 0.351 e. The summed E-state index contributed by atoms with van der Waals surface area (Å²) >= 11 is 0. The van der Waals surface area contributed by atoms with E-state index in [1.54, 1.807) is 5.48 Å². The molecule has 8 heteroatoms. The molecular weight excluding hydrogens is 164 g/mol. The van der Waals surface area contributed by atoms with Gasteiger partial charge in [-0.25, -0.2) is 0 Å². The second kappa shape index (κ2) is 3.81. The zero-order valence-electron chi connectivity index (χ0n) is 5.14. The SMILES string of the molecule is CO[C@H](N)NOS(=O)(=O)O. The van der Waals surface area contributed by atoms with E-state index in [0.717, 1.165) is 0 Å². The molecular formula is C2H8N2O5S. The molecule has 0 radical (unpaired) electrons. The molecule has 0 rings (SSSR count). The minimum Gasteiger partial charge on any atom is -0.351 e. The molecule has 0 spiro atoms. The molecule has 0 aromatic heterocycles. The normalized spacial score (nSPS) is 15.1. The van der Waals surface area contributed by atoms with Gasteiger partial charge in [-0.05, 0) is 0 Å². The van der Waals surface area contributed by atoms with E-state index < -0.39 is 16.8 Å². The average molecular weight is 172 g/mol. The van der Waals surface area contributed by atoms with E-state index in [4.69, 9.17) is 10.3 Å². The first-order valence-electron chi connectivity index (χ1n) is 2.15. The summed E-state index contributed by atoms with van der Waals surface area (Å²) in [5, 5.41) is 0. The van der Waals surface area contributed by atoms with Crippen LogP contribution in [0.4, 0.5) is 0 Å². The second-order valence-corrected chi connectivity index (χ2v) is 2.31. The van der Waals surface area contributed by atoms with E-state index >= 15 is 0 Å². The number of hydroxylamine groups is 1. The lowest BCUT2D eigenvalue weighted by Gasteiger charge is -2.07. The number of hydrogen-bond acceptors (Lipinski definition) is 6. The van der Waals surface area contributed by atoms with Crippen molar-refractivity contribution in [3.63, 3.8) is 0 Å². The van der Waals surface area contributed by atoms with Gasteiger partial charge in [-0.2, -0.15) is 12.7 Å². The lowest BCUT2D eigenvalue weighted by atomic mass is 11.1. The van der Waals surface area contributed by atoms with E-state index in [9.17, 15) is 8.42 Å². The Morgan fingerprint density at radius 3 is 2.50 bits per heavy atom. The van der Waals surface area contributed by atoms with Crippen molar-refractivity contribution in [2.45, 2.75) is 6.35 Å². The van der Waals surface area contributed by atoms with Crippen LogP contribution in [0, 0.1) is 0 Å². The largest absolute Gasteiger partial charge is 0.413 e. The summed E-state index contributed by atoms with van der Waals surface area (Å²) in [6.07, 6.45) is -1.10. The summed E-state index contributed by atoms with van der Waals surface area (Å²) in [6, 6.07) is 0. The lowest BCUT2D eigenvalue weighted by molar-refractivity contribution is -0.0103. The number of ether oxygens (including phenoxy) is 1. The standard InChI is InChI=1S/C2H8N2O5S/c1-8-2(3)4-9-10(5,6)7/h2,4H,3H2,1H3,(H,5,6,7)/t2-/m1/s1. The first-order chi connectivity index (χ1) is 4.45. The number of rotatable bonds is 4. The highest BCUT2D eigenvalue weighted by molar-refractivity contribution is 7.80. The Balaban J connectivity index is 3.56. The fourth-order valence-electron chi connectivity index (χ4n) is 0.156. The molecule has 0 aromatic carbocycles. The Morgan fingerprint density at radius 2 is 2.20 bits per heavy atom. The summed E-state index contributed by atoms with van der Waals surface area (Å²) < 4.78 is 35.5. The molecule has 10 heavy (non-hydrogen) atoms. The predicted octanol–water partition coefficient (Wildman–Crippen LogP) is -1.80. The highest BCUT2D eigenvalue weighted by Gasteiger charge is 2.06. The lowest BCUT2D eigenvalue weighted by Crippen LogP contribution is -2.40. The van der Waals surface area contributed by atoms with Gasteiger partial charge < -0.3 is 4.74 Å². The molecule has 62 valence electrons. The van der Waals surface area contributed by atoms with E-state index in [1.165, 1.54) is 7.11 Å². The van der Waals surface area contributed by atoms with Gasteiger partial charge in [-0.15, -0.1) is 5.48 Å². The van der Waals surface area contributed by atoms with Crippen LogP contribution in [0.5, 0.6) is 0 Å². The second-order valence-electron chi connectivity index (χ2n) is 1.29. The monoisotopic (exact) mass is 172 g/mol. The van der Waals surface area contributed by atoms with Crippen LogP contribution in [0.3, 0.4) is 0 Å². The zero-order chi connectivity index (χ0) is 8.20. The van der Waals surface area contributed by atoms with Gasteiger partial charge in [0, 0.05) is 7.11 Å². The van der Waals surface area contributed by atoms with Crippen molar-refractivity contribution in [2.24, 2.45) is 5.73 Å². The van der Waals surface area contributed by atoms with Crippen molar-refractivity contribution in [1.82, 2.24) is 5.48 Å². The molecule has 0 saturated carbocycles. The Morgan fingerprint density at radius 1 is 1.70 bits per heavy atom. The summed E-state index contributed by atoms with van der Waals surface area (Å²) in [5.41, 5.74) is 6.64. The van der Waals surface area contributed by atoms with Gasteiger partial charge in [0.15, 0.2) is 6.35 Å². The number of hydrogen-bond donors (Lipinski definition) is 3. The van der Waals surface area contributed by atoms with Crippen molar-refractivity contribution in [2.75, 3.05) is 7.11 Å². The van der Waals surface area contributed by atoms with Crippen LogP contribution >= 0.6 is 0 Å². The molecule has 0 bridgehead atoms. The maximum Gasteiger partial charge on any atom is 0.413 e. The first-order valence-corrected chi connectivity index (χ1v) is 3.52. The molecule has 7 nitrogen and oxygen atoms in total. The molecule has 0 aromatic rings. The number of nitrogens with one attached hydrogen (secondary N) is 1. The van der Waals surface area contributed by atoms with Gasteiger partial charge >= 0.3 is 10.4 Å². The van der Waals surface area contributed by atoms with Gasteiger partial charge in [0.2, 0.25) is 0 Å².